The van der Waals surface area contributed by atoms with Crippen molar-refractivity contribution in [2.24, 2.45) is 0 Å². The Bertz CT molecular complexity index is 1180. The number of hydrazine groups is 1. The third kappa shape index (κ3) is 5.73. The van der Waals surface area contributed by atoms with Gasteiger partial charge in [0.25, 0.3) is 17.5 Å². The molecule has 3 rings (SSSR count). The molecule has 3 aromatic rings. The van der Waals surface area contributed by atoms with Crippen molar-refractivity contribution in [3.63, 3.8) is 0 Å². The first kappa shape index (κ1) is 23.9. The molecule has 2 aromatic heterocycles. The highest BCUT2D eigenvalue weighted by atomic mass is 19.4. The van der Waals surface area contributed by atoms with Crippen molar-refractivity contribution in [2.45, 2.75) is 45.9 Å². The fourth-order valence-electron chi connectivity index (χ4n) is 3.00. The topological polar surface area (TPSA) is 111 Å². The number of rotatable bonds is 6. The number of carbonyl (C=O) groups is 2. The Kier molecular flexibility index (Phi) is 6.79. The molecule has 0 bridgehead atoms. The van der Waals surface area contributed by atoms with Gasteiger partial charge in [0.2, 0.25) is 5.91 Å². The smallest absolute Gasteiger partial charge is 0.453 e. The highest BCUT2D eigenvalue weighted by Crippen LogP contribution is 2.27. The lowest BCUT2D eigenvalue weighted by molar-refractivity contribution is -0.144. The summed E-state index contributed by atoms with van der Waals surface area (Å²) in [7, 11) is 0. The summed E-state index contributed by atoms with van der Waals surface area (Å²) in [6.45, 7) is 4.60. The van der Waals surface area contributed by atoms with E-state index in [1.165, 1.54) is 31.2 Å². The van der Waals surface area contributed by atoms with Gasteiger partial charge in [0.05, 0.1) is 0 Å². The minimum Gasteiger partial charge on any atom is -0.481 e. The van der Waals surface area contributed by atoms with Gasteiger partial charge in [0.1, 0.15) is 11.6 Å². The molecule has 2 amide bonds. The zero-order chi connectivity index (χ0) is 24.3. The van der Waals surface area contributed by atoms with Gasteiger partial charge >= 0.3 is 6.18 Å². The van der Waals surface area contributed by atoms with Gasteiger partial charge in [-0.25, -0.2) is 13.9 Å². The number of alkyl halides is 3. The number of amides is 2. The van der Waals surface area contributed by atoms with Crippen LogP contribution in [0.5, 0.6) is 5.75 Å². The van der Waals surface area contributed by atoms with E-state index in [-0.39, 0.29) is 24.4 Å². The molecule has 0 aliphatic heterocycles. The molecule has 0 spiro atoms. The van der Waals surface area contributed by atoms with Gasteiger partial charge in [-0.2, -0.15) is 18.2 Å². The van der Waals surface area contributed by atoms with E-state index in [1.807, 2.05) is 0 Å². The largest absolute Gasteiger partial charge is 0.481 e. The summed E-state index contributed by atoms with van der Waals surface area (Å²) >= 11 is 0. The molecule has 1 unspecified atom stereocenters. The minimum atomic E-state index is -4.70. The molecule has 0 fully saturated rings. The molecule has 1 atom stereocenters. The first-order valence-electron chi connectivity index (χ1n) is 9.76. The summed E-state index contributed by atoms with van der Waals surface area (Å²) in [6, 6.07) is 5.09. The maximum Gasteiger partial charge on any atom is 0.453 e. The van der Waals surface area contributed by atoms with Gasteiger partial charge in [0.15, 0.2) is 6.10 Å². The van der Waals surface area contributed by atoms with Gasteiger partial charge in [-0.15, -0.1) is 5.10 Å². The molecule has 2 N–H and O–H groups in total. The average Bonchev–Trinajstić information content (AvgIpc) is 3.18. The summed E-state index contributed by atoms with van der Waals surface area (Å²) in [4.78, 5) is 31.7. The fourth-order valence-corrected chi connectivity index (χ4v) is 3.00. The number of carbonyl (C=O) groups excluding carboxylic acids is 2. The quantitative estimate of drug-likeness (QED) is 0.425. The average molecular weight is 468 g/mol. The van der Waals surface area contributed by atoms with E-state index >= 15 is 0 Å². The Labute approximate surface area is 185 Å². The number of hydrogen-bond donors (Lipinski definition) is 2. The molecule has 9 nitrogen and oxygen atoms in total. The molecule has 0 saturated carbocycles. The number of ether oxygens (including phenoxy) is 1. The molecule has 33 heavy (non-hydrogen) atoms. The molecule has 0 aliphatic carbocycles. The van der Waals surface area contributed by atoms with Crippen LogP contribution < -0.4 is 15.6 Å². The van der Waals surface area contributed by atoms with Crippen molar-refractivity contribution in [2.75, 3.05) is 0 Å². The van der Waals surface area contributed by atoms with Crippen molar-refractivity contribution in [3.05, 3.63) is 52.9 Å². The summed E-state index contributed by atoms with van der Waals surface area (Å²) in [5.41, 5.74) is 5.80. The van der Waals surface area contributed by atoms with Crippen LogP contribution >= 0.6 is 0 Å². The second kappa shape index (κ2) is 9.38. The summed E-state index contributed by atoms with van der Waals surface area (Å²) in [6.07, 6.45) is -5.61. The lowest BCUT2D eigenvalue weighted by atomic mass is 10.1. The number of halogens is 4. The first-order valence-corrected chi connectivity index (χ1v) is 9.76. The number of hydrogen-bond acceptors (Lipinski definition) is 6. The van der Waals surface area contributed by atoms with Gasteiger partial charge < -0.3 is 4.74 Å². The van der Waals surface area contributed by atoms with Gasteiger partial charge in [-0.1, -0.05) is 0 Å². The maximum atomic E-state index is 12.9. The lowest BCUT2D eigenvalue weighted by Crippen LogP contribution is -2.47. The number of benzene rings is 1. The molecule has 13 heteroatoms. The molecular weight excluding hydrogens is 448 g/mol. The SMILES string of the molecule is Cc1nc2nc(C(F)(F)F)nn2c(C)c1CCC(=O)NNC(=O)C(C)Oc1ccc(F)cc1. The molecule has 0 aliphatic rings. The Morgan fingerprint density at radius 1 is 1.12 bits per heavy atom. The Hall–Kier alpha value is -3.77. The molecule has 2 heterocycles. The standard InChI is InChI=1S/C20H20F4N6O3/c1-10-15(11(2)30-19(25-10)26-18(29-30)20(22,23)24)8-9-16(31)27-28-17(32)12(3)33-14-6-4-13(21)5-7-14/h4-7,12H,8-9H2,1-3H3,(H,27,31)(H,28,32). The van der Waals surface area contributed by atoms with E-state index in [1.54, 1.807) is 13.8 Å². The molecule has 1 aromatic carbocycles. The predicted molar refractivity (Wildman–Crippen MR) is 106 cm³/mol. The maximum absolute atomic E-state index is 12.9. The number of fused-ring (bicyclic) bond motifs is 1. The van der Waals surface area contributed by atoms with Gasteiger partial charge in [0, 0.05) is 17.8 Å². The predicted octanol–water partition coefficient (Wildman–Crippen LogP) is 2.45. The Morgan fingerprint density at radius 2 is 1.79 bits per heavy atom. The second-order valence-corrected chi connectivity index (χ2v) is 7.16. The molecular formula is C20H20F4N6O3. The zero-order valence-electron chi connectivity index (χ0n) is 17.8. The fraction of sp³-hybridized carbons (Fsp3) is 0.350. The monoisotopic (exact) mass is 468 g/mol. The molecule has 0 saturated heterocycles. The Morgan fingerprint density at radius 3 is 2.42 bits per heavy atom. The number of nitrogens with one attached hydrogen (secondary N) is 2. The van der Waals surface area contributed by atoms with Crippen LogP contribution in [0.25, 0.3) is 5.78 Å². The van der Waals surface area contributed by atoms with Crippen molar-refractivity contribution in [3.8, 4) is 5.75 Å². The van der Waals surface area contributed by atoms with Crippen LogP contribution in [0, 0.1) is 19.7 Å². The van der Waals surface area contributed by atoms with Crippen LogP contribution in [-0.2, 0) is 22.2 Å². The summed E-state index contributed by atoms with van der Waals surface area (Å²) in [5.74, 6) is -2.83. The van der Waals surface area contributed by atoms with Crippen LogP contribution in [0.1, 0.15) is 36.1 Å². The van der Waals surface area contributed by atoms with Crippen molar-refractivity contribution >= 4 is 17.6 Å². The van der Waals surface area contributed by atoms with Crippen LogP contribution in [0.3, 0.4) is 0 Å². The number of aryl methyl sites for hydroxylation is 2. The van der Waals surface area contributed by atoms with Crippen molar-refractivity contribution in [1.82, 2.24) is 30.4 Å². The highest BCUT2D eigenvalue weighted by Gasteiger charge is 2.37. The zero-order valence-corrected chi connectivity index (χ0v) is 17.8. The van der Waals surface area contributed by atoms with E-state index in [0.717, 1.165) is 4.52 Å². The highest BCUT2D eigenvalue weighted by molar-refractivity contribution is 5.84. The number of nitrogens with zero attached hydrogens (tertiary/aromatic N) is 4. The van der Waals surface area contributed by atoms with Crippen LogP contribution in [0.4, 0.5) is 17.6 Å². The van der Waals surface area contributed by atoms with Crippen LogP contribution in [0.2, 0.25) is 0 Å². The van der Waals surface area contributed by atoms with Crippen molar-refractivity contribution < 1.29 is 31.9 Å². The molecule has 0 radical (unpaired) electrons. The van der Waals surface area contributed by atoms with Crippen molar-refractivity contribution in [1.29, 1.82) is 0 Å². The van der Waals surface area contributed by atoms with Gasteiger partial charge in [-0.3, -0.25) is 20.4 Å². The second-order valence-electron chi connectivity index (χ2n) is 7.16. The Balaban J connectivity index is 1.56. The van der Waals surface area contributed by atoms with Gasteiger partial charge in [-0.05, 0) is 57.0 Å². The van der Waals surface area contributed by atoms with E-state index in [9.17, 15) is 27.2 Å². The third-order valence-corrected chi connectivity index (χ3v) is 4.73. The summed E-state index contributed by atoms with van der Waals surface area (Å²) in [5, 5.41) is 3.46. The normalized spacial score (nSPS) is 12.5. The summed E-state index contributed by atoms with van der Waals surface area (Å²) < 4.78 is 57.9. The van der Waals surface area contributed by atoms with E-state index in [0.29, 0.717) is 17.0 Å². The van der Waals surface area contributed by atoms with Crippen LogP contribution in [0.15, 0.2) is 24.3 Å². The van der Waals surface area contributed by atoms with E-state index in [2.05, 4.69) is 25.9 Å². The lowest BCUT2D eigenvalue weighted by Gasteiger charge is -2.15. The third-order valence-electron chi connectivity index (χ3n) is 4.73. The number of aromatic nitrogens is 4. The first-order chi connectivity index (χ1) is 15.5. The van der Waals surface area contributed by atoms with E-state index in [4.69, 9.17) is 4.74 Å². The van der Waals surface area contributed by atoms with Crippen LogP contribution in [-0.4, -0.2) is 37.5 Å². The minimum absolute atomic E-state index is 0.0802. The molecule has 176 valence electrons. The van der Waals surface area contributed by atoms with E-state index < -0.39 is 35.7 Å².